The van der Waals surface area contributed by atoms with Crippen LogP contribution in [0.25, 0.3) is 0 Å². The summed E-state index contributed by atoms with van der Waals surface area (Å²) in [6.07, 6.45) is 3.60. The second kappa shape index (κ2) is 4.64. The molecule has 1 aliphatic carbocycles. The first-order valence-corrected chi connectivity index (χ1v) is 5.81. The molecule has 1 heterocycles. The van der Waals surface area contributed by atoms with E-state index in [4.69, 9.17) is 23.2 Å². The first kappa shape index (κ1) is 11.1. The fourth-order valence-electron chi connectivity index (χ4n) is 2.10. The van der Waals surface area contributed by atoms with E-state index < -0.39 is 0 Å². The Morgan fingerprint density at radius 2 is 1.93 bits per heavy atom. The van der Waals surface area contributed by atoms with Gasteiger partial charge in [-0.05, 0) is 18.9 Å². The quantitative estimate of drug-likeness (QED) is 0.829. The molecule has 2 atom stereocenters. The number of aromatic nitrogens is 2. The second-order valence-electron chi connectivity index (χ2n) is 3.87. The van der Waals surface area contributed by atoms with Crippen LogP contribution in [-0.4, -0.2) is 21.4 Å². The summed E-state index contributed by atoms with van der Waals surface area (Å²) in [5.41, 5.74) is 0.823. The number of nitrogens with zero attached hydrogens (tertiary/aromatic N) is 2. The molecular weight excluding hydrogens is 235 g/mol. The van der Waals surface area contributed by atoms with Crippen LogP contribution >= 0.6 is 23.2 Å². The summed E-state index contributed by atoms with van der Waals surface area (Å²) in [6, 6.07) is 1.70. The highest BCUT2D eigenvalue weighted by atomic mass is 35.5. The van der Waals surface area contributed by atoms with Crippen LogP contribution in [0.15, 0.2) is 6.07 Å². The molecular formula is C10H12Cl2N2O. The molecule has 0 bridgehead atoms. The summed E-state index contributed by atoms with van der Waals surface area (Å²) < 4.78 is 0. The average molecular weight is 247 g/mol. The zero-order valence-corrected chi connectivity index (χ0v) is 9.67. The lowest BCUT2D eigenvalue weighted by atomic mass is 9.82. The minimum atomic E-state index is -0.337. The number of hydrogen-bond acceptors (Lipinski definition) is 3. The Bertz CT molecular complexity index is 359. The number of aliphatic hydroxyl groups is 1. The summed E-state index contributed by atoms with van der Waals surface area (Å²) in [6.45, 7) is 0. The third-order valence-electron chi connectivity index (χ3n) is 2.88. The summed E-state index contributed by atoms with van der Waals surface area (Å²) >= 11 is 11.7. The summed E-state index contributed by atoms with van der Waals surface area (Å²) in [4.78, 5) is 0. The topological polar surface area (TPSA) is 46.0 Å². The lowest BCUT2D eigenvalue weighted by molar-refractivity contribution is 0.106. The van der Waals surface area contributed by atoms with Crippen molar-refractivity contribution in [2.45, 2.75) is 37.7 Å². The van der Waals surface area contributed by atoms with Gasteiger partial charge in [0.25, 0.3) is 0 Å². The Balaban J connectivity index is 2.30. The minimum Gasteiger partial charge on any atom is -0.392 e. The smallest absolute Gasteiger partial charge is 0.155 e. The van der Waals surface area contributed by atoms with Gasteiger partial charge >= 0.3 is 0 Å². The van der Waals surface area contributed by atoms with Crippen LogP contribution in [-0.2, 0) is 0 Å². The minimum absolute atomic E-state index is 0.0549. The maximum atomic E-state index is 9.89. The molecule has 5 heteroatoms. The van der Waals surface area contributed by atoms with E-state index in [1.165, 1.54) is 0 Å². The lowest BCUT2D eigenvalue weighted by Gasteiger charge is -2.27. The van der Waals surface area contributed by atoms with Gasteiger partial charge in [-0.3, -0.25) is 0 Å². The Labute approximate surface area is 98.4 Å². The Morgan fingerprint density at radius 3 is 2.67 bits per heavy atom. The number of halogens is 2. The predicted octanol–water partition coefficient (Wildman–Crippen LogP) is 2.80. The van der Waals surface area contributed by atoms with Crippen LogP contribution in [0.5, 0.6) is 0 Å². The molecule has 3 nitrogen and oxygen atoms in total. The van der Waals surface area contributed by atoms with Gasteiger partial charge in [0, 0.05) is 11.5 Å². The van der Waals surface area contributed by atoms with Crippen LogP contribution < -0.4 is 0 Å². The van der Waals surface area contributed by atoms with Gasteiger partial charge in [0.1, 0.15) is 0 Å². The van der Waals surface area contributed by atoms with Gasteiger partial charge in [-0.2, -0.15) is 0 Å². The first-order valence-electron chi connectivity index (χ1n) is 5.05. The molecule has 82 valence electrons. The molecule has 15 heavy (non-hydrogen) atoms. The van der Waals surface area contributed by atoms with E-state index in [0.29, 0.717) is 10.3 Å². The molecule has 0 aliphatic heterocycles. The molecule has 1 N–H and O–H groups in total. The molecule has 0 aromatic carbocycles. The molecule has 1 saturated carbocycles. The molecule has 2 unspecified atom stereocenters. The van der Waals surface area contributed by atoms with Gasteiger partial charge < -0.3 is 5.11 Å². The third kappa shape index (κ3) is 2.41. The van der Waals surface area contributed by atoms with Crippen LogP contribution in [0.3, 0.4) is 0 Å². The van der Waals surface area contributed by atoms with E-state index in [1.807, 2.05) is 0 Å². The van der Waals surface area contributed by atoms with Crippen LogP contribution in [0, 0.1) is 0 Å². The van der Waals surface area contributed by atoms with Gasteiger partial charge in [-0.15, -0.1) is 10.2 Å². The van der Waals surface area contributed by atoms with Crippen molar-refractivity contribution >= 4 is 23.2 Å². The highest BCUT2D eigenvalue weighted by Gasteiger charge is 2.27. The van der Waals surface area contributed by atoms with E-state index in [-0.39, 0.29) is 12.0 Å². The summed E-state index contributed by atoms with van der Waals surface area (Å²) in [5, 5.41) is 18.0. The fraction of sp³-hybridized carbons (Fsp3) is 0.600. The SMILES string of the molecule is OC1CCCCC1c1cc(Cl)nnc1Cl. The monoisotopic (exact) mass is 246 g/mol. The highest BCUT2D eigenvalue weighted by molar-refractivity contribution is 6.31. The van der Waals surface area contributed by atoms with Crippen molar-refractivity contribution in [1.82, 2.24) is 10.2 Å². The van der Waals surface area contributed by atoms with Gasteiger partial charge in [0.15, 0.2) is 10.3 Å². The molecule has 0 spiro atoms. The maximum Gasteiger partial charge on any atom is 0.155 e. The molecule has 0 saturated heterocycles. The standard InChI is InChI=1S/C10H12Cl2N2O/c11-9-5-7(10(12)14-13-9)6-3-1-2-4-8(6)15/h5-6,8,15H,1-4H2. The van der Waals surface area contributed by atoms with Crippen LogP contribution in [0.1, 0.15) is 37.2 Å². The van der Waals surface area contributed by atoms with Gasteiger partial charge in [0.2, 0.25) is 0 Å². The van der Waals surface area contributed by atoms with Crippen LogP contribution in [0.2, 0.25) is 10.3 Å². The summed E-state index contributed by atoms with van der Waals surface area (Å²) in [5.74, 6) is 0.0549. The van der Waals surface area contributed by atoms with Gasteiger partial charge in [-0.1, -0.05) is 36.0 Å². The normalized spacial score (nSPS) is 26.6. The highest BCUT2D eigenvalue weighted by Crippen LogP contribution is 2.36. The maximum absolute atomic E-state index is 9.89. The second-order valence-corrected chi connectivity index (χ2v) is 4.62. The van der Waals surface area contributed by atoms with Gasteiger partial charge in [0.05, 0.1) is 6.10 Å². The van der Waals surface area contributed by atoms with Crippen molar-refractivity contribution in [2.75, 3.05) is 0 Å². The van der Waals surface area contributed by atoms with Gasteiger partial charge in [-0.25, -0.2) is 0 Å². The molecule has 1 aromatic heterocycles. The van der Waals surface area contributed by atoms with E-state index >= 15 is 0 Å². The lowest BCUT2D eigenvalue weighted by Crippen LogP contribution is -2.23. The Kier molecular flexibility index (Phi) is 3.44. The van der Waals surface area contributed by atoms with Crippen molar-refractivity contribution < 1.29 is 5.11 Å². The first-order chi connectivity index (χ1) is 7.18. The zero-order chi connectivity index (χ0) is 10.8. The summed E-state index contributed by atoms with van der Waals surface area (Å²) in [7, 11) is 0. The Hall–Kier alpha value is -0.380. The van der Waals surface area contributed by atoms with Crippen molar-refractivity contribution in [1.29, 1.82) is 0 Å². The molecule has 2 rings (SSSR count). The van der Waals surface area contributed by atoms with Crippen molar-refractivity contribution in [2.24, 2.45) is 0 Å². The van der Waals surface area contributed by atoms with E-state index in [1.54, 1.807) is 6.07 Å². The zero-order valence-electron chi connectivity index (χ0n) is 8.16. The molecule has 1 aromatic rings. The largest absolute Gasteiger partial charge is 0.392 e. The van der Waals surface area contributed by atoms with Crippen LogP contribution in [0.4, 0.5) is 0 Å². The Morgan fingerprint density at radius 1 is 1.20 bits per heavy atom. The molecule has 0 amide bonds. The third-order valence-corrected chi connectivity index (χ3v) is 3.35. The van der Waals surface area contributed by atoms with Crippen molar-refractivity contribution in [3.8, 4) is 0 Å². The predicted molar refractivity (Wildman–Crippen MR) is 59.3 cm³/mol. The van der Waals surface area contributed by atoms with E-state index in [9.17, 15) is 5.11 Å². The number of aliphatic hydroxyl groups excluding tert-OH is 1. The number of hydrogen-bond donors (Lipinski definition) is 1. The van der Waals surface area contributed by atoms with Crippen molar-refractivity contribution in [3.63, 3.8) is 0 Å². The molecule has 0 radical (unpaired) electrons. The van der Waals surface area contributed by atoms with E-state index in [0.717, 1.165) is 31.2 Å². The molecule has 1 fully saturated rings. The molecule has 1 aliphatic rings. The van der Waals surface area contributed by atoms with Crippen molar-refractivity contribution in [3.05, 3.63) is 21.9 Å². The van der Waals surface area contributed by atoms with E-state index in [2.05, 4.69) is 10.2 Å². The fourth-order valence-corrected chi connectivity index (χ4v) is 2.49. The average Bonchev–Trinajstić information content (AvgIpc) is 2.23. The number of rotatable bonds is 1.